The van der Waals surface area contributed by atoms with E-state index in [0.29, 0.717) is 24.6 Å². The van der Waals surface area contributed by atoms with Gasteiger partial charge in [-0.3, -0.25) is 0 Å². The monoisotopic (exact) mass is 500 g/mol. The first-order valence-electron chi connectivity index (χ1n) is 12.5. The lowest BCUT2D eigenvalue weighted by Crippen LogP contribution is -2.47. The SMILES string of the molecule is COc1ccc(-c2c(-c3ccccc3)oc3ncnc(NC4CCCN(C(=O)OC(C)(C)C)C4)c23)cc1. The molecule has 1 fully saturated rings. The molecule has 2 aromatic heterocycles. The van der Waals surface area contributed by atoms with E-state index in [1.54, 1.807) is 12.0 Å². The van der Waals surface area contributed by atoms with Crippen LogP contribution in [-0.2, 0) is 4.74 Å². The lowest BCUT2D eigenvalue weighted by Gasteiger charge is -2.34. The van der Waals surface area contributed by atoms with Crippen LogP contribution in [0.15, 0.2) is 65.3 Å². The van der Waals surface area contributed by atoms with E-state index in [4.69, 9.17) is 13.9 Å². The number of carbonyl (C=O) groups is 1. The van der Waals surface area contributed by atoms with Gasteiger partial charge in [-0.15, -0.1) is 0 Å². The van der Waals surface area contributed by atoms with Crippen LogP contribution in [0.3, 0.4) is 0 Å². The Hall–Kier alpha value is -4.07. The Morgan fingerprint density at radius 1 is 1.05 bits per heavy atom. The van der Waals surface area contributed by atoms with Gasteiger partial charge in [-0.1, -0.05) is 42.5 Å². The summed E-state index contributed by atoms with van der Waals surface area (Å²) < 4.78 is 17.3. The summed E-state index contributed by atoms with van der Waals surface area (Å²) in [5.74, 6) is 2.18. The number of methoxy groups -OCH3 is 1. The van der Waals surface area contributed by atoms with Crippen molar-refractivity contribution >= 4 is 23.0 Å². The third-order valence-electron chi connectivity index (χ3n) is 6.32. The largest absolute Gasteiger partial charge is 0.497 e. The van der Waals surface area contributed by atoms with Crippen molar-refractivity contribution in [2.24, 2.45) is 0 Å². The number of aromatic nitrogens is 2. The molecule has 4 aromatic rings. The van der Waals surface area contributed by atoms with E-state index in [-0.39, 0.29) is 12.1 Å². The summed E-state index contributed by atoms with van der Waals surface area (Å²) in [7, 11) is 1.65. The first-order chi connectivity index (χ1) is 17.8. The average Bonchev–Trinajstić information content (AvgIpc) is 3.29. The highest BCUT2D eigenvalue weighted by molar-refractivity contribution is 6.06. The molecule has 0 radical (unpaired) electrons. The molecule has 0 bridgehead atoms. The van der Waals surface area contributed by atoms with E-state index >= 15 is 0 Å². The predicted molar refractivity (Wildman–Crippen MR) is 144 cm³/mol. The van der Waals surface area contributed by atoms with Crippen molar-refractivity contribution < 1.29 is 18.7 Å². The zero-order chi connectivity index (χ0) is 26.0. The fraction of sp³-hybridized carbons (Fsp3) is 0.345. The summed E-state index contributed by atoms with van der Waals surface area (Å²) >= 11 is 0. The van der Waals surface area contributed by atoms with E-state index in [1.165, 1.54) is 6.33 Å². The molecule has 2 aromatic carbocycles. The van der Waals surface area contributed by atoms with E-state index in [1.807, 2.05) is 75.4 Å². The van der Waals surface area contributed by atoms with Crippen molar-refractivity contribution in [1.82, 2.24) is 14.9 Å². The minimum absolute atomic E-state index is 0.0122. The topological polar surface area (TPSA) is 89.7 Å². The van der Waals surface area contributed by atoms with Crippen molar-refractivity contribution in [3.05, 3.63) is 60.9 Å². The standard InChI is InChI=1S/C29H32N4O4/c1-29(2,3)37-28(34)33-16-8-11-21(17-33)32-26-24-23(19-12-14-22(35-4)15-13-19)25(20-9-6-5-7-10-20)36-27(24)31-18-30-26/h5-7,9-10,12-15,18,21H,8,11,16-17H2,1-4H3,(H,30,31,32). The molecular weight excluding hydrogens is 468 g/mol. The van der Waals surface area contributed by atoms with Crippen LogP contribution in [0.4, 0.5) is 10.6 Å². The van der Waals surface area contributed by atoms with Gasteiger partial charge in [-0.2, -0.15) is 0 Å². The number of hydrogen-bond acceptors (Lipinski definition) is 7. The van der Waals surface area contributed by atoms with Crippen molar-refractivity contribution in [1.29, 1.82) is 0 Å². The highest BCUT2D eigenvalue weighted by atomic mass is 16.6. The molecule has 5 rings (SSSR count). The van der Waals surface area contributed by atoms with Crippen LogP contribution < -0.4 is 10.1 Å². The number of benzene rings is 2. The number of amides is 1. The number of likely N-dealkylation sites (tertiary alicyclic amines) is 1. The number of fused-ring (bicyclic) bond motifs is 1. The molecule has 1 aliphatic heterocycles. The lowest BCUT2D eigenvalue weighted by molar-refractivity contribution is 0.0206. The highest BCUT2D eigenvalue weighted by Crippen LogP contribution is 2.43. The van der Waals surface area contributed by atoms with E-state index in [2.05, 4.69) is 15.3 Å². The van der Waals surface area contributed by atoms with Crippen molar-refractivity contribution in [3.8, 4) is 28.2 Å². The molecule has 1 amide bonds. The average molecular weight is 501 g/mol. The fourth-order valence-electron chi connectivity index (χ4n) is 4.65. The van der Waals surface area contributed by atoms with Gasteiger partial charge in [0, 0.05) is 30.3 Å². The second kappa shape index (κ2) is 10.1. The van der Waals surface area contributed by atoms with Crippen molar-refractivity contribution in [2.75, 3.05) is 25.5 Å². The number of rotatable bonds is 5. The number of nitrogens with zero attached hydrogens (tertiary/aromatic N) is 3. The molecule has 8 nitrogen and oxygen atoms in total. The molecule has 0 saturated carbocycles. The van der Waals surface area contributed by atoms with Crippen molar-refractivity contribution in [3.63, 3.8) is 0 Å². The fourth-order valence-corrected chi connectivity index (χ4v) is 4.65. The third kappa shape index (κ3) is 5.38. The predicted octanol–water partition coefficient (Wildman–Crippen LogP) is 6.38. The number of nitrogens with one attached hydrogen (secondary N) is 1. The van der Waals surface area contributed by atoms with E-state index < -0.39 is 5.60 Å². The van der Waals surface area contributed by atoms with Crippen LogP contribution in [0.1, 0.15) is 33.6 Å². The molecule has 0 spiro atoms. The molecule has 0 aliphatic carbocycles. The second-order valence-electron chi connectivity index (χ2n) is 10.2. The minimum atomic E-state index is -0.534. The van der Waals surface area contributed by atoms with Gasteiger partial charge in [0.05, 0.1) is 12.5 Å². The third-order valence-corrected chi connectivity index (χ3v) is 6.32. The number of anilines is 1. The molecule has 1 saturated heterocycles. The van der Waals surface area contributed by atoms with Crippen LogP contribution >= 0.6 is 0 Å². The smallest absolute Gasteiger partial charge is 0.410 e. The number of furan rings is 1. The van der Waals surface area contributed by atoms with Gasteiger partial charge < -0.3 is 24.1 Å². The van der Waals surface area contributed by atoms with Crippen LogP contribution in [0.25, 0.3) is 33.6 Å². The summed E-state index contributed by atoms with van der Waals surface area (Å²) in [6.45, 7) is 6.85. The van der Waals surface area contributed by atoms with Crippen LogP contribution in [0, 0.1) is 0 Å². The highest BCUT2D eigenvalue weighted by Gasteiger charge is 2.29. The summed E-state index contributed by atoms with van der Waals surface area (Å²) in [5.41, 5.74) is 2.80. The summed E-state index contributed by atoms with van der Waals surface area (Å²) in [5, 5.41) is 4.39. The molecule has 8 heteroatoms. The first-order valence-corrected chi connectivity index (χ1v) is 12.5. The minimum Gasteiger partial charge on any atom is -0.497 e. The first kappa shape index (κ1) is 24.6. The Morgan fingerprint density at radius 3 is 2.51 bits per heavy atom. The molecule has 37 heavy (non-hydrogen) atoms. The Labute approximate surface area is 216 Å². The Kier molecular flexibility index (Phi) is 6.74. The maximum atomic E-state index is 12.7. The maximum absolute atomic E-state index is 12.7. The van der Waals surface area contributed by atoms with E-state index in [0.717, 1.165) is 46.4 Å². The van der Waals surface area contributed by atoms with Crippen LogP contribution in [0.2, 0.25) is 0 Å². The zero-order valence-corrected chi connectivity index (χ0v) is 21.7. The molecule has 1 aliphatic rings. The lowest BCUT2D eigenvalue weighted by atomic mass is 9.99. The van der Waals surface area contributed by atoms with Crippen LogP contribution in [-0.4, -0.2) is 52.8 Å². The van der Waals surface area contributed by atoms with E-state index in [9.17, 15) is 4.79 Å². The Bertz CT molecular complexity index is 1380. The molecule has 1 unspecified atom stereocenters. The Morgan fingerprint density at radius 2 is 1.81 bits per heavy atom. The summed E-state index contributed by atoms with van der Waals surface area (Å²) in [6.07, 6.45) is 3.00. The second-order valence-corrected chi connectivity index (χ2v) is 10.2. The number of piperidine rings is 1. The van der Waals surface area contributed by atoms with Gasteiger partial charge >= 0.3 is 6.09 Å². The molecular formula is C29H32N4O4. The van der Waals surface area contributed by atoms with Gasteiger partial charge in [0.2, 0.25) is 5.71 Å². The van der Waals surface area contributed by atoms with Gasteiger partial charge in [0.15, 0.2) is 0 Å². The molecule has 192 valence electrons. The number of ether oxygens (including phenoxy) is 2. The van der Waals surface area contributed by atoms with Crippen molar-refractivity contribution in [2.45, 2.75) is 45.3 Å². The summed E-state index contributed by atoms with van der Waals surface area (Å²) in [4.78, 5) is 23.5. The molecule has 1 N–H and O–H groups in total. The molecule has 3 heterocycles. The quantitative estimate of drug-likeness (QED) is 0.340. The Balaban J connectivity index is 1.53. The van der Waals surface area contributed by atoms with Gasteiger partial charge in [0.1, 0.15) is 29.3 Å². The number of hydrogen-bond donors (Lipinski definition) is 1. The normalized spacial score (nSPS) is 16.0. The van der Waals surface area contributed by atoms with Gasteiger partial charge in [-0.05, 0) is 51.3 Å². The zero-order valence-electron chi connectivity index (χ0n) is 21.7. The maximum Gasteiger partial charge on any atom is 0.410 e. The number of carbonyl (C=O) groups excluding carboxylic acids is 1. The van der Waals surface area contributed by atoms with Gasteiger partial charge in [-0.25, -0.2) is 14.8 Å². The molecule has 1 atom stereocenters. The summed E-state index contributed by atoms with van der Waals surface area (Å²) in [6, 6.07) is 17.9. The van der Waals surface area contributed by atoms with Crippen LogP contribution in [0.5, 0.6) is 5.75 Å². The van der Waals surface area contributed by atoms with Gasteiger partial charge in [0.25, 0.3) is 0 Å².